The number of hydrogen-bond acceptors (Lipinski definition) is 15. The van der Waals surface area contributed by atoms with Gasteiger partial charge in [-0.25, -0.2) is 20.0 Å². The molecule has 256 valence electrons. The van der Waals surface area contributed by atoms with Crippen molar-refractivity contribution >= 4 is 42.9 Å². The number of anilines is 1. The summed E-state index contributed by atoms with van der Waals surface area (Å²) in [4.78, 5) is 50.5. The lowest BCUT2D eigenvalue weighted by Crippen LogP contribution is -2.46. The van der Waals surface area contributed by atoms with Crippen LogP contribution in [0.15, 0.2) is 6.33 Å². The molecule has 0 amide bonds. The maximum Gasteiger partial charge on any atom is 0.509 e. The number of nitrogen functional groups attached to an aromatic ring is 1. The number of nitrogens with one attached hydrogen (secondary N) is 2. The van der Waals surface area contributed by atoms with Gasteiger partial charge in [-0.1, -0.05) is 27.7 Å². The number of fused-ring (bicyclic) bond motifs is 2. The van der Waals surface area contributed by atoms with Crippen molar-refractivity contribution in [1.29, 1.82) is 0 Å². The average molecular weight is 672 g/mol. The second kappa shape index (κ2) is 14.0. The van der Waals surface area contributed by atoms with E-state index in [4.69, 9.17) is 38.7 Å². The largest absolute Gasteiger partial charge is 0.509 e. The minimum atomic E-state index is -4.28. The van der Waals surface area contributed by atoms with Crippen LogP contribution in [0.3, 0.4) is 0 Å². The number of esters is 2. The van der Waals surface area contributed by atoms with E-state index < -0.39 is 68.5 Å². The van der Waals surface area contributed by atoms with E-state index in [1.807, 2.05) is 27.7 Å². The van der Waals surface area contributed by atoms with Crippen LogP contribution in [0.4, 0.5) is 10.7 Å². The second-order valence-corrected chi connectivity index (χ2v) is 13.9. The Bertz CT molecular complexity index is 1450. The Hall–Kier alpha value is -3.57. The van der Waals surface area contributed by atoms with Crippen LogP contribution in [0.1, 0.15) is 53.7 Å². The van der Waals surface area contributed by atoms with Crippen LogP contribution < -0.4 is 20.6 Å². The molecule has 18 nitrogen and oxygen atoms in total. The van der Waals surface area contributed by atoms with Gasteiger partial charge in [0.05, 0.1) is 34.3 Å². The summed E-state index contributed by atoms with van der Waals surface area (Å²) in [6.45, 7) is 8.67. The van der Waals surface area contributed by atoms with Crippen molar-refractivity contribution in [1.82, 2.24) is 29.7 Å². The standard InChI is InChI=1S/C27H42N7O11P/c1-13(2)9-15(22(35)40-7)32-46(38,33-16(10-14(3)4)23(36)41-8)42-11-17-19-27(5,45-26(37)44-19)24(43-17)34-12-29-18-20(34)30-25(28)31-21(18)39-6/h12-17,19,24H,9-11H2,1-8H3,(H2,28,30,31)(H2,32,33,38)/t15?,16?,17-,19?,24?,27?,46?/m1/s1. The van der Waals surface area contributed by atoms with Crippen LogP contribution >= 0.6 is 7.67 Å². The molecule has 19 heteroatoms. The molecular formula is C27H42N7O11P. The molecule has 0 radical (unpaired) electrons. The lowest BCUT2D eigenvalue weighted by Gasteiger charge is -2.30. The van der Waals surface area contributed by atoms with Gasteiger partial charge in [0.1, 0.15) is 18.2 Å². The molecule has 6 atom stereocenters. The van der Waals surface area contributed by atoms with E-state index in [1.165, 1.54) is 32.2 Å². The SMILES string of the molecule is COC(=O)C(CC(C)C)NP(=O)(NC(CC(C)C)C(=O)OC)OC[C@H]1OC(n2cnc3c(OC)nc(N)nc32)C2(C)OC(=O)OC12. The number of rotatable bonds is 15. The number of nitrogens with two attached hydrogens (primary N) is 1. The zero-order valence-electron chi connectivity index (χ0n) is 27.0. The molecule has 46 heavy (non-hydrogen) atoms. The summed E-state index contributed by atoms with van der Waals surface area (Å²) in [6.07, 6.45) is -2.23. The van der Waals surface area contributed by atoms with Crippen molar-refractivity contribution in [3.8, 4) is 5.88 Å². The zero-order valence-corrected chi connectivity index (χ0v) is 27.9. The van der Waals surface area contributed by atoms with E-state index in [1.54, 1.807) is 6.92 Å². The highest BCUT2D eigenvalue weighted by atomic mass is 31.2. The molecule has 5 unspecified atom stereocenters. The molecular weight excluding hydrogens is 629 g/mol. The fourth-order valence-corrected chi connectivity index (χ4v) is 7.33. The molecule has 4 N–H and O–H groups in total. The topological polar surface area (TPSA) is 227 Å². The summed E-state index contributed by atoms with van der Waals surface area (Å²) in [5, 5.41) is 5.53. The van der Waals surface area contributed by atoms with E-state index in [-0.39, 0.29) is 47.7 Å². The zero-order chi connectivity index (χ0) is 34.0. The normalized spacial score (nSPS) is 25.1. The highest BCUT2D eigenvalue weighted by Gasteiger charge is 2.64. The van der Waals surface area contributed by atoms with Crippen molar-refractivity contribution in [3.05, 3.63) is 6.33 Å². The second-order valence-electron chi connectivity index (χ2n) is 12.0. The first-order chi connectivity index (χ1) is 21.6. The molecule has 2 saturated heterocycles. The maximum atomic E-state index is 14.5. The van der Waals surface area contributed by atoms with Crippen LogP contribution in [0.5, 0.6) is 5.88 Å². The first-order valence-electron chi connectivity index (χ1n) is 14.7. The third-order valence-corrected chi connectivity index (χ3v) is 9.35. The smallest absolute Gasteiger partial charge is 0.479 e. The third-order valence-electron chi connectivity index (χ3n) is 7.53. The first-order valence-corrected chi connectivity index (χ1v) is 16.3. The molecule has 0 bridgehead atoms. The molecule has 0 aliphatic carbocycles. The summed E-state index contributed by atoms with van der Waals surface area (Å²) < 4.78 is 54.5. The molecule has 2 aliphatic rings. The highest BCUT2D eigenvalue weighted by Crippen LogP contribution is 2.49. The quantitative estimate of drug-likeness (QED) is 0.140. The molecule has 0 saturated carbocycles. The van der Waals surface area contributed by atoms with Crippen LogP contribution in [0, 0.1) is 11.8 Å². The minimum absolute atomic E-state index is 0.00623. The molecule has 0 spiro atoms. The van der Waals surface area contributed by atoms with Gasteiger partial charge >= 0.3 is 25.8 Å². The molecule has 2 fully saturated rings. The number of imidazole rings is 1. The van der Waals surface area contributed by atoms with Gasteiger partial charge in [0.25, 0.3) is 0 Å². The third kappa shape index (κ3) is 7.36. The maximum absolute atomic E-state index is 14.5. The Morgan fingerprint density at radius 1 is 1.07 bits per heavy atom. The van der Waals surface area contributed by atoms with Crippen LogP contribution in [-0.2, 0) is 42.4 Å². The summed E-state index contributed by atoms with van der Waals surface area (Å²) in [5.74, 6) is -1.33. The van der Waals surface area contributed by atoms with E-state index in [2.05, 4.69) is 25.1 Å². The van der Waals surface area contributed by atoms with Gasteiger partial charge in [-0.05, 0) is 31.6 Å². The van der Waals surface area contributed by atoms with Gasteiger partial charge < -0.3 is 38.7 Å². The summed E-state index contributed by atoms with van der Waals surface area (Å²) >= 11 is 0. The fraction of sp³-hybridized carbons (Fsp3) is 0.704. The average Bonchev–Trinajstić information content (AvgIpc) is 3.62. The minimum Gasteiger partial charge on any atom is -0.479 e. The van der Waals surface area contributed by atoms with Crippen molar-refractivity contribution in [3.63, 3.8) is 0 Å². The Kier molecular flexibility index (Phi) is 10.8. The first kappa shape index (κ1) is 35.3. The van der Waals surface area contributed by atoms with Gasteiger partial charge in [0.2, 0.25) is 11.8 Å². The summed E-state index contributed by atoms with van der Waals surface area (Å²) in [5.41, 5.74) is 4.98. The van der Waals surface area contributed by atoms with E-state index in [9.17, 15) is 18.9 Å². The van der Waals surface area contributed by atoms with Crippen LogP contribution in [0.2, 0.25) is 0 Å². The molecule has 4 rings (SSSR count). The Labute approximate surface area is 265 Å². The van der Waals surface area contributed by atoms with Crippen molar-refractivity contribution in [2.45, 2.75) is 83.6 Å². The number of ether oxygens (including phenoxy) is 6. The number of hydrogen-bond donors (Lipinski definition) is 3. The van der Waals surface area contributed by atoms with E-state index in [0.29, 0.717) is 0 Å². The predicted molar refractivity (Wildman–Crippen MR) is 160 cm³/mol. The van der Waals surface area contributed by atoms with Crippen molar-refractivity contribution < 1.29 is 51.9 Å². The molecule has 2 aromatic heterocycles. The number of carbonyl (C=O) groups is 3. The Balaban J connectivity index is 1.67. The van der Waals surface area contributed by atoms with Gasteiger partial charge in [0.15, 0.2) is 29.1 Å². The van der Waals surface area contributed by atoms with Crippen LogP contribution in [0.25, 0.3) is 11.2 Å². The molecule has 2 aliphatic heterocycles. The van der Waals surface area contributed by atoms with Crippen LogP contribution in [-0.4, -0.2) is 95.4 Å². The molecule has 2 aromatic rings. The highest BCUT2D eigenvalue weighted by molar-refractivity contribution is 7.54. The lowest BCUT2D eigenvalue weighted by molar-refractivity contribution is -0.143. The predicted octanol–water partition coefficient (Wildman–Crippen LogP) is 2.09. The monoisotopic (exact) mass is 671 g/mol. The fourth-order valence-electron chi connectivity index (χ4n) is 5.51. The number of aromatic nitrogens is 4. The van der Waals surface area contributed by atoms with E-state index >= 15 is 0 Å². The molecule has 0 aromatic carbocycles. The lowest BCUT2D eigenvalue weighted by atomic mass is 9.96. The number of methoxy groups -OCH3 is 3. The Morgan fingerprint density at radius 3 is 2.17 bits per heavy atom. The van der Waals surface area contributed by atoms with Gasteiger partial charge in [-0.2, -0.15) is 9.97 Å². The van der Waals surface area contributed by atoms with Gasteiger partial charge in [-0.15, -0.1) is 0 Å². The van der Waals surface area contributed by atoms with Gasteiger partial charge in [-0.3, -0.25) is 18.7 Å². The van der Waals surface area contributed by atoms with Crippen molar-refractivity contribution in [2.75, 3.05) is 33.7 Å². The summed E-state index contributed by atoms with van der Waals surface area (Å²) in [7, 11) is -0.450. The Morgan fingerprint density at radius 2 is 1.65 bits per heavy atom. The van der Waals surface area contributed by atoms with Gasteiger partial charge in [0, 0.05) is 0 Å². The van der Waals surface area contributed by atoms with Crippen molar-refractivity contribution in [2.24, 2.45) is 11.8 Å². The van der Waals surface area contributed by atoms with E-state index in [0.717, 1.165) is 0 Å². The number of carbonyl (C=O) groups excluding carboxylic acids is 3. The number of nitrogens with zero attached hydrogens (tertiary/aromatic N) is 4. The molecule has 4 heterocycles. The summed E-state index contributed by atoms with van der Waals surface area (Å²) in [6, 6.07) is -2.12.